The van der Waals surface area contributed by atoms with E-state index in [2.05, 4.69) is 29.4 Å². The zero-order valence-corrected chi connectivity index (χ0v) is 12.0. The van der Waals surface area contributed by atoms with Crippen molar-refractivity contribution in [2.75, 3.05) is 0 Å². The van der Waals surface area contributed by atoms with Crippen LogP contribution in [0.25, 0.3) is 0 Å². The third-order valence-corrected chi connectivity index (χ3v) is 3.87. The van der Waals surface area contributed by atoms with Crippen molar-refractivity contribution >= 4 is 29.6 Å². The molecule has 0 aliphatic rings. The van der Waals surface area contributed by atoms with Gasteiger partial charge in [0, 0.05) is 10.6 Å². The van der Waals surface area contributed by atoms with Gasteiger partial charge in [0.05, 0.1) is 5.56 Å². The lowest BCUT2D eigenvalue weighted by Crippen LogP contribution is -2.02. The molecule has 2 nitrogen and oxygen atoms in total. The maximum absolute atomic E-state index is 11.5. The minimum atomic E-state index is -0.512. The first-order valence-electron chi connectivity index (χ1n) is 5.81. The van der Waals surface area contributed by atoms with Crippen molar-refractivity contribution in [2.24, 2.45) is 0 Å². The Morgan fingerprint density at radius 1 is 1.21 bits per heavy atom. The number of hydrogen-bond donors (Lipinski definition) is 0. The van der Waals surface area contributed by atoms with E-state index in [0.717, 1.165) is 5.56 Å². The molecule has 2 aromatic rings. The first-order chi connectivity index (χ1) is 9.20. The van der Waals surface area contributed by atoms with E-state index >= 15 is 0 Å². The van der Waals surface area contributed by atoms with Crippen LogP contribution in [-0.4, -0.2) is 5.97 Å². The fourth-order valence-electron chi connectivity index (χ4n) is 1.75. The fourth-order valence-corrected chi connectivity index (χ4v) is 2.85. The Morgan fingerprint density at radius 2 is 2.00 bits per heavy atom. The summed E-state index contributed by atoms with van der Waals surface area (Å²) in [5.41, 5.74) is 2.65. The van der Waals surface area contributed by atoms with Gasteiger partial charge in [-0.25, -0.2) is 4.79 Å². The summed E-state index contributed by atoms with van der Waals surface area (Å²) in [6.45, 7) is 2.06. The van der Waals surface area contributed by atoms with Gasteiger partial charge in [-0.05, 0) is 30.7 Å². The van der Waals surface area contributed by atoms with Gasteiger partial charge in [0.1, 0.15) is 11.9 Å². The van der Waals surface area contributed by atoms with E-state index in [0.29, 0.717) is 11.3 Å². The van der Waals surface area contributed by atoms with E-state index in [1.54, 1.807) is 23.9 Å². The van der Waals surface area contributed by atoms with Gasteiger partial charge in [0.15, 0.2) is 0 Å². The maximum atomic E-state index is 11.5. The van der Waals surface area contributed by atoms with E-state index < -0.39 is 5.97 Å². The average Bonchev–Trinajstić information content (AvgIpc) is 2.45. The van der Waals surface area contributed by atoms with Crippen LogP contribution in [-0.2, 0) is 10.0 Å². The number of benzene rings is 2. The molecule has 2 aromatic carbocycles. The lowest BCUT2D eigenvalue weighted by molar-refractivity contribution is 0.0750. The van der Waals surface area contributed by atoms with Crippen molar-refractivity contribution in [2.45, 2.75) is 17.6 Å². The van der Waals surface area contributed by atoms with Crippen LogP contribution >= 0.6 is 23.6 Å². The fraction of sp³-hybridized carbons (Fsp3) is 0.133. The second kappa shape index (κ2) is 6.64. The van der Waals surface area contributed by atoms with Crippen molar-refractivity contribution in [1.82, 2.24) is 0 Å². The molecule has 0 amide bonds. The Balaban J connectivity index is 2.13. The molecule has 2 rings (SSSR count). The normalized spacial score (nSPS) is 10.2. The summed E-state index contributed by atoms with van der Waals surface area (Å²) in [7, 11) is 0. The number of halogens is 1. The molecule has 0 radical (unpaired) electrons. The predicted octanol–water partition coefficient (Wildman–Crippen LogP) is 4.60. The van der Waals surface area contributed by atoms with Crippen molar-refractivity contribution in [3.8, 4) is 0 Å². The van der Waals surface area contributed by atoms with Gasteiger partial charge >= 0.3 is 5.97 Å². The molecule has 0 aliphatic heterocycles. The molecule has 0 aromatic heterocycles. The summed E-state index contributed by atoms with van der Waals surface area (Å²) in [6.07, 6.45) is 0. The minimum absolute atomic E-state index is 0.512. The predicted molar refractivity (Wildman–Crippen MR) is 78.5 cm³/mol. The highest BCUT2D eigenvalue weighted by molar-refractivity contribution is 7.98. The summed E-state index contributed by atoms with van der Waals surface area (Å²) in [4.78, 5) is 12.7. The van der Waals surface area contributed by atoms with Crippen LogP contribution in [0.4, 0.5) is 0 Å². The number of carbonyl (C=O) groups excluding carboxylic acids is 1. The van der Waals surface area contributed by atoms with Crippen LogP contribution in [0.2, 0.25) is 0 Å². The molecule has 0 saturated carbocycles. The van der Waals surface area contributed by atoms with Crippen LogP contribution in [0.5, 0.6) is 0 Å². The molecule has 0 aliphatic carbocycles. The summed E-state index contributed by atoms with van der Waals surface area (Å²) in [5, 5.41) is 0. The van der Waals surface area contributed by atoms with Crippen LogP contribution in [0, 0.1) is 6.92 Å². The second-order valence-electron chi connectivity index (χ2n) is 4.13. The van der Waals surface area contributed by atoms with Gasteiger partial charge in [-0.15, -0.1) is 11.8 Å². The van der Waals surface area contributed by atoms with Crippen molar-refractivity contribution in [1.29, 1.82) is 0 Å². The van der Waals surface area contributed by atoms with E-state index in [4.69, 9.17) is 11.9 Å². The Morgan fingerprint density at radius 3 is 2.74 bits per heavy atom. The molecule has 0 bridgehead atoms. The number of aryl methyl sites for hydroxylation is 1. The highest BCUT2D eigenvalue weighted by atomic mass is 35.5. The van der Waals surface area contributed by atoms with E-state index in [1.807, 2.05) is 18.2 Å². The lowest BCUT2D eigenvalue weighted by Gasteiger charge is -2.07. The highest BCUT2D eigenvalue weighted by Gasteiger charge is 2.11. The molecule has 0 saturated heterocycles. The maximum Gasteiger partial charge on any atom is 0.356 e. The Bertz CT molecular complexity index is 584. The third-order valence-electron chi connectivity index (χ3n) is 2.69. The van der Waals surface area contributed by atoms with E-state index in [-0.39, 0.29) is 0 Å². The number of hydrogen-bond acceptors (Lipinski definition) is 3. The van der Waals surface area contributed by atoms with E-state index in [9.17, 15) is 4.79 Å². The monoisotopic (exact) mass is 292 g/mol. The molecule has 0 unspecified atom stereocenters. The molecule has 0 spiro atoms. The van der Waals surface area contributed by atoms with Gasteiger partial charge in [0.25, 0.3) is 0 Å². The minimum Gasteiger partial charge on any atom is -0.343 e. The first kappa shape index (κ1) is 14.0. The molecule has 0 fully saturated rings. The zero-order valence-electron chi connectivity index (χ0n) is 10.4. The van der Waals surface area contributed by atoms with E-state index in [1.165, 1.54) is 10.5 Å². The Kier molecular flexibility index (Phi) is 4.88. The summed E-state index contributed by atoms with van der Waals surface area (Å²) in [6, 6.07) is 15.6. The quantitative estimate of drug-likeness (QED) is 0.771. The zero-order chi connectivity index (χ0) is 13.7. The Hall–Kier alpha value is -1.45. The van der Waals surface area contributed by atoms with Crippen LogP contribution < -0.4 is 0 Å². The highest BCUT2D eigenvalue weighted by Crippen LogP contribution is 2.25. The molecule has 0 N–H and O–H groups in total. The standard InChI is InChI=1S/C15H13ClO2S/c1-11-5-4-7-13(9-11)19-10-12-6-2-3-8-14(12)15(17)18-16/h2-9H,10H2,1H3. The molecule has 19 heavy (non-hydrogen) atoms. The molecular formula is C15H13ClO2S. The molecular weight excluding hydrogens is 280 g/mol. The SMILES string of the molecule is Cc1cccc(SCc2ccccc2C(=O)OCl)c1. The number of thioether (sulfide) groups is 1. The average molecular weight is 293 g/mol. The van der Waals surface area contributed by atoms with Gasteiger partial charge < -0.3 is 4.29 Å². The largest absolute Gasteiger partial charge is 0.356 e. The molecule has 98 valence electrons. The van der Waals surface area contributed by atoms with Gasteiger partial charge in [-0.3, -0.25) is 0 Å². The smallest absolute Gasteiger partial charge is 0.343 e. The van der Waals surface area contributed by atoms with Crippen LogP contribution in [0.15, 0.2) is 53.4 Å². The van der Waals surface area contributed by atoms with Gasteiger partial charge in [-0.2, -0.15) is 0 Å². The van der Waals surface area contributed by atoms with Gasteiger partial charge in [-0.1, -0.05) is 35.9 Å². The molecule has 4 heteroatoms. The Labute approximate surface area is 121 Å². The number of carbonyl (C=O) groups is 1. The molecule has 0 atom stereocenters. The van der Waals surface area contributed by atoms with Crippen molar-refractivity contribution < 1.29 is 9.08 Å². The third kappa shape index (κ3) is 3.75. The molecule has 0 heterocycles. The van der Waals surface area contributed by atoms with Gasteiger partial charge in [0.2, 0.25) is 0 Å². The lowest BCUT2D eigenvalue weighted by atomic mass is 10.1. The second-order valence-corrected chi connectivity index (χ2v) is 5.33. The topological polar surface area (TPSA) is 26.3 Å². The summed E-state index contributed by atoms with van der Waals surface area (Å²) >= 11 is 6.82. The first-order valence-corrected chi connectivity index (χ1v) is 7.10. The summed E-state index contributed by atoms with van der Waals surface area (Å²) in [5.74, 6) is 0.188. The number of rotatable bonds is 4. The van der Waals surface area contributed by atoms with Crippen molar-refractivity contribution in [3.05, 3.63) is 65.2 Å². The summed E-state index contributed by atoms with van der Waals surface area (Å²) < 4.78 is 4.27. The van der Waals surface area contributed by atoms with Crippen molar-refractivity contribution in [3.63, 3.8) is 0 Å². The van der Waals surface area contributed by atoms with Crippen LogP contribution in [0.3, 0.4) is 0 Å². The van der Waals surface area contributed by atoms with Crippen LogP contribution in [0.1, 0.15) is 21.5 Å².